The summed E-state index contributed by atoms with van der Waals surface area (Å²) in [6, 6.07) is 7.03. The fourth-order valence-corrected chi connectivity index (χ4v) is 5.87. The van der Waals surface area contributed by atoms with E-state index in [2.05, 4.69) is 21.2 Å². The number of alkyl halides is 1. The van der Waals surface area contributed by atoms with Crippen LogP contribution in [-0.4, -0.2) is 16.5 Å². The molecule has 0 saturated heterocycles. The predicted octanol–water partition coefficient (Wildman–Crippen LogP) is 4.44. The minimum atomic E-state index is -0.710. The number of nitrogens with one attached hydrogen (secondary N) is 1. The molecule has 2 saturated carbocycles. The van der Waals surface area contributed by atoms with Crippen LogP contribution in [-0.2, 0) is 9.59 Å². The van der Waals surface area contributed by atoms with Gasteiger partial charge in [0.05, 0.1) is 10.2 Å². The monoisotopic (exact) mass is 383 g/mol. The molecule has 0 aliphatic heterocycles. The van der Waals surface area contributed by atoms with Gasteiger partial charge in [-0.3, -0.25) is 9.59 Å². The van der Waals surface area contributed by atoms with Crippen molar-refractivity contribution in [2.75, 3.05) is 5.32 Å². The number of anilines is 1. The summed E-state index contributed by atoms with van der Waals surface area (Å²) in [6.07, 6.45) is 1.48. The number of rotatable bonds is 2. The Morgan fingerprint density at radius 1 is 1.23 bits per heavy atom. The zero-order chi connectivity index (χ0) is 16.3. The molecule has 0 radical (unpaired) electrons. The molecule has 2 fully saturated rings. The Morgan fingerprint density at radius 3 is 2.32 bits per heavy atom. The molecular weight excluding hydrogens is 366 g/mol. The van der Waals surface area contributed by atoms with Crippen LogP contribution in [0.3, 0.4) is 0 Å². The lowest BCUT2D eigenvalue weighted by Gasteiger charge is -2.39. The molecule has 0 unspecified atom stereocenters. The smallest absolute Gasteiger partial charge is 0.232 e. The first-order valence-electron chi connectivity index (χ1n) is 7.42. The molecule has 1 N–H and O–H groups in total. The Kier molecular flexibility index (Phi) is 3.50. The Bertz CT molecular complexity index is 657. The van der Waals surface area contributed by atoms with E-state index in [-0.39, 0.29) is 17.1 Å². The summed E-state index contributed by atoms with van der Waals surface area (Å²) in [4.78, 5) is 25.3. The van der Waals surface area contributed by atoms with Gasteiger partial charge in [-0.1, -0.05) is 48.3 Å². The molecule has 3 atom stereocenters. The largest absolute Gasteiger partial charge is 0.326 e. The van der Waals surface area contributed by atoms with E-state index in [4.69, 9.17) is 11.6 Å². The molecule has 1 aromatic carbocycles. The van der Waals surface area contributed by atoms with Crippen molar-refractivity contribution in [3.05, 3.63) is 29.3 Å². The number of amides is 1. The molecule has 22 heavy (non-hydrogen) atoms. The van der Waals surface area contributed by atoms with Crippen molar-refractivity contribution in [2.45, 2.75) is 38.4 Å². The first-order valence-corrected chi connectivity index (χ1v) is 8.71. The zero-order valence-corrected chi connectivity index (χ0v) is 15.2. The molecule has 2 aliphatic carbocycles. The van der Waals surface area contributed by atoms with E-state index in [9.17, 15) is 9.59 Å². The van der Waals surface area contributed by atoms with Gasteiger partial charge < -0.3 is 5.32 Å². The van der Waals surface area contributed by atoms with E-state index < -0.39 is 15.7 Å². The summed E-state index contributed by atoms with van der Waals surface area (Å²) >= 11 is 9.40. The third kappa shape index (κ3) is 1.74. The highest BCUT2D eigenvalue weighted by atomic mass is 79.9. The minimum absolute atomic E-state index is 0.0868. The number of benzene rings is 1. The molecule has 1 aromatic rings. The van der Waals surface area contributed by atoms with Gasteiger partial charge in [0.1, 0.15) is 0 Å². The predicted molar refractivity (Wildman–Crippen MR) is 91.4 cm³/mol. The fourth-order valence-electron chi connectivity index (χ4n) is 4.23. The topological polar surface area (TPSA) is 46.2 Å². The van der Waals surface area contributed by atoms with Crippen LogP contribution in [0.4, 0.5) is 5.69 Å². The van der Waals surface area contributed by atoms with E-state index >= 15 is 0 Å². The van der Waals surface area contributed by atoms with Crippen molar-refractivity contribution in [3.63, 3.8) is 0 Å². The van der Waals surface area contributed by atoms with Crippen LogP contribution in [0.25, 0.3) is 0 Å². The van der Waals surface area contributed by atoms with Crippen LogP contribution in [0.15, 0.2) is 24.3 Å². The van der Waals surface area contributed by atoms with Crippen LogP contribution < -0.4 is 5.32 Å². The molecule has 0 heterocycles. The van der Waals surface area contributed by atoms with Crippen LogP contribution in [0.2, 0.25) is 5.02 Å². The highest BCUT2D eigenvalue weighted by Gasteiger charge is 2.76. The normalized spacial score (nSPS) is 35.7. The maximum Gasteiger partial charge on any atom is 0.232 e. The van der Waals surface area contributed by atoms with Gasteiger partial charge >= 0.3 is 0 Å². The zero-order valence-electron chi connectivity index (χ0n) is 12.9. The highest BCUT2D eigenvalue weighted by Crippen LogP contribution is 2.72. The number of hydrogen-bond donors (Lipinski definition) is 1. The number of halogens is 2. The van der Waals surface area contributed by atoms with Crippen molar-refractivity contribution in [2.24, 2.45) is 16.2 Å². The second kappa shape index (κ2) is 4.81. The van der Waals surface area contributed by atoms with E-state index in [0.717, 1.165) is 12.8 Å². The van der Waals surface area contributed by atoms with Crippen LogP contribution >= 0.6 is 27.5 Å². The Morgan fingerprint density at radius 2 is 1.82 bits per heavy atom. The lowest BCUT2D eigenvalue weighted by atomic mass is 9.64. The molecule has 2 bridgehead atoms. The quantitative estimate of drug-likeness (QED) is 0.766. The molecular formula is C17H19BrClNO2. The Balaban J connectivity index is 1.97. The third-order valence-corrected chi connectivity index (χ3v) is 7.68. The van der Waals surface area contributed by atoms with Gasteiger partial charge in [0, 0.05) is 16.1 Å². The fraction of sp³-hybridized carbons (Fsp3) is 0.529. The third-order valence-electron chi connectivity index (χ3n) is 6.23. The first kappa shape index (κ1) is 16.0. The van der Waals surface area contributed by atoms with Crippen LogP contribution in [0, 0.1) is 16.2 Å². The maximum absolute atomic E-state index is 13.1. The number of ketones is 1. The summed E-state index contributed by atoms with van der Waals surface area (Å²) in [6.45, 7) is 6.08. The second-order valence-corrected chi connectivity index (χ2v) is 8.47. The lowest BCUT2D eigenvalue weighted by molar-refractivity contribution is -0.130. The summed E-state index contributed by atoms with van der Waals surface area (Å²) in [7, 11) is 0. The summed E-state index contributed by atoms with van der Waals surface area (Å²) in [5, 5.41) is 3.60. The minimum Gasteiger partial charge on any atom is -0.326 e. The Labute approximate surface area is 143 Å². The van der Waals surface area contributed by atoms with Crippen molar-refractivity contribution in [1.82, 2.24) is 0 Å². The average Bonchev–Trinajstić information content (AvgIpc) is 2.74. The van der Waals surface area contributed by atoms with Gasteiger partial charge in [0.15, 0.2) is 5.78 Å². The van der Waals surface area contributed by atoms with Gasteiger partial charge in [0.2, 0.25) is 5.91 Å². The van der Waals surface area contributed by atoms with Gasteiger partial charge in [-0.15, -0.1) is 0 Å². The van der Waals surface area contributed by atoms with Gasteiger partial charge in [-0.2, -0.15) is 0 Å². The molecule has 1 amide bonds. The summed E-state index contributed by atoms with van der Waals surface area (Å²) < 4.78 is 0. The molecule has 0 spiro atoms. The number of hydrogen-bond acceptors (Lipinski definition) is 2. The van der Waals surface area contributed by atoms with Crippen molar-refractivity contribution >= 4 is 44.9 Å². The average molecular weight is 385 g/mol. The van der Waals surface area contributed by atoms with E-state index in [1.54, 1.807) is 24.3 Å². The van der Waals surface area contributed by atoms with Gasteiger partial charge in [-0.25, -0.2) is 0 Å². The SMILES string of the molecule is CC1(C)[C@@]2(C)CC[C@@]1(C(=O)Nc1ccc(Cl)cc1)[C@H](Br)C2=O. The summed E-state index contributed by atoms with van der Waals surface area (Å²) in [5.74, 6) is 0.0614. The highest BCUT2D eigenvalue weighted by molar-refractivity contribution is 9.10. The maximum atomic E-state index is 13.1. The number of carbonyl (C=O) groups excluding carboxylic acids is 2. The van der Waals surface area contributed by atoms with Crippen molar-refractivity contribution < 1.29 is 9.59 Å². The molecule has 2 aliphatic rings. The molecule has 0 aromatic heterocycles. The van der Waals surface area contributed by atoms with Crippen LogP contribution in [0.5, 0.6) is 0 Å². The standard InChI is InChI=1S/C17H19BrClNO2/c1-15(2)16(3)8-9-17(15,12(18)13(16)21)14(22)20-11-6-4-10(19)5-7-11/h4-7,12H,8-9H2,1-3H3,(H,20,22)/t12-,16+,17+/m1/s1. The molecule has 3 nitrogen and oxygen atoms in total. The van der Waals surface area contributed by atoms with Gasteiger partial charge in [0.25, 0.3) is 0 Å². The molecule has 118 valence electrons. The Hall–Kier alpha value is -0.870. The van der Waals surface area contributed by atoms with Crippen molar-refractivity contribution in [1.29, 1.82) is 0 Å². The van der Waals surface area contributed by atoms with E-state index in [0.29, 0.717) is 10.7 Å². The lowest BCUT2D eigenvalue weighted by Crippen LogP contribution is -2.47. The van der Waals surface area contributed by atoms with Gasteiger partial charge in [-0.05, 0) is 42.5 Å². The number of carbonyl (C=O) groups is 2. The molecule has 5 heteroatoms. The van der Waals surface area contributed by atoms with Crippen LogP contribution in [0.1, 0.15) is 33.6 Å². The first-order chi connectivity index (χ1) is 10.2. The molecule has 3 rings (SSSR count). The van der Waals surface area contributed by atoms with E-state index in [1.165, 1.54) is 0 Å². The second-order valence-electron chi connectivity index (χ2n) is 7.12. The summed E-state index contributed by atoms with van der Waals surface area (Å²) in [5.41, 5.74) is -0.842. The number of fused-ring (bicyclic) bond motifs is 2. The number of Topliss-reactive ketones (excluding diaryl/α,β-unsaturated/α-hetero) is 1. The van der Waals surface area contributed by atoms with Crippen molar-refractivity contribution in [3.8, 4) is 0 Å². The van der Waals surface area contributed by atoms with E-state index in [1.807, 2.05) is 20.8 Å².